The first-order chi connectivity index (χ1) is 8.68. The molecular weight excluding hydrogens is 232 g/mol. The minimum Gasteiger partial charge on any atom is -0.383 e. The van der Waals surface area contributed by atoms with Gasteiger partial charge in [0.25, 0.3) is 5.91 Å². The molecule has 0 saturated heterocycles. The normalized spacial score (nSPS) is 10.3. The lowest BCUT2D eigenvalue weighted by atomic mass is 10.2. The Morgan fingerprint density at radius 2 is 2.39 bits per heavy atom. The number of rotatable bonds is 4. The van der Waals surface area contributed by atoms with E-state index in [2.05, 4.69) is 20.5 Å². The predicted molar refractivity (Wildman–Crippen MR) is 65.7 cm³/mol. The maximum absolute atomic E-state index is 11.8. The topological polar surface area (TPSA) is 98.7 Å². The maximum Gasteiger partial charge on any atom is 0.255 e. The summed E-state index contributed by atoms with van der Waals surface area (Å²) in [4.78, 5) is 15.7. The van der Waals surface area contributed by atoms with E-state index in [4.69, 9.17) is 5.73 Å². The van der Waals surface area contributed by atoms with Crippen molar-refractivity contribution in [1.82, 2.24) is 25.1 Å². The number of amides is 1. The Kier molecular flexibility index (Phi) is 3.52. The van der Waals surface area contributed by atoms with E-state index in [9.17, 15) is 4.79 Å². The van der Waals surface area contributed by atoms with E-state index < -0.39 is 0 Å². The van der Waals surface area contributed by atoms with Crippen LogP contribution in [-0.4, -0.2) is 32.2 Å². The molecule has 2 aromatic heterocycles. The van der Waals surface area contributed by atoms with Crippen molar-refractivity contribution in [3.05, 3.63) is 36.0 Å². The summed E-state index contributed by atoms with van der Waals surface area (Å²) < 4.78 is 1.81. The SMILES string of the molecule is Cn1cnnc1CCNC(=O)c1cccnc1N. The van der Waals surface area contributed by atoms with Crippen LogP contribution in [0.15, 0.2) is 24.7 Å². The predicted octanol–water partition coefficient (Wildman–Crippen LogP) is -0.235. The second kappa shape index (κ2) is 5.26. The minimum absolute atomic E-state index is 0.230. The molecule has 1 amide bonds. The number of carbonyl (C=O) groups is 1. The number of hydrogen-bond donors (Lipinski definition) is 2. The summed E-state index contributed by atoms with van der Waals surface area (Å²) in [5, 5.41) is 10.5. The largest absolute Gasteiger partial charge is 0.383 e. The molecule has 0 atom stereocenters. The Hall–Kier alpha value is -2.44. The second-order valence-electron chi connectivity index (χ2n) is 3.80. The van der Waals surface area contributed by atoms with Crippen molar-refractivity contribution in [1.29, 1.82) is 0 Å². The molecular formula is C11H14N6O. The van der Waals surface area contributed by atoms with Crippen LogP contribution in [-0.2, 0) is 13.5 Å². The first-order valence-electron chi connectivity index (χ1n) is 5.50. The number of hydrogen-bond acceptors (Lipinski definition) is 5. The Balaban J connectivity index is 1.90. The van der Waals surface area contributed by atoms with Gasteiger partial charge in [0.05, 0.1) is 5.56 Å². The van der Waals surface area contributed by atoms with E-state index in [1.165, 1.54) is 0 Å². The fourth-order valence-corrected chi connectivity index (χ4v) is 1.53. The molecule has 18 heavy (non-hydrogen) atoms. The smallest absolute Gasteiger partial charge is 0.255 e. The Morgan fingerprint density at radius 1 is 1.56 bits per heavy atom. The molecule has 94 valence electrons. The highest BCUT2D eigenvalue weighted by Crippen LogP contribution is 2.06. The monoisotopic (exact) mass is 246 g/mol. The van der Waals surface area contributed by atoms with Crippen LogP contribution in [0.25, 0.3) is 0 Å². The van der Waals surface area contributed by atoms with E-state index in [0.29, 0.717) is 18.5 Å². The fraction of sp³-hybridized carbons (Fsp3) is 0.273. The van der Waals surface area contributed by atoms with Gasteiger partial charge in [0, 0.05) is 26.2 Å². The number of nitrogen functional groups attached to an aromatic ring is 1. The van der Waals surface area contributed by atoms with Gasteiger partial charge in [-0.2, -0.15) is 0 Å². The summed E-state index contributed by atoms with van der Waals surface area (Å²) in [6, 6.07) is 3.31. The standard InChI is InChI=1S/C11H14N6O/c1-17-7-15-16-9(17)4-6-14-11(18)8-3-2-5-13-10(8)12/h2-3,5,7H,4,6H2,1H3,(H2,12,13)(H,14,18). The first kappa shape index (κ1) is 12.0. The van der Waals surface area contributed by atoms with Crippen LogP contribution in [0.2, 0.25) is 0 Å². The van der Waals surface area contributed by atoms with E-state index in [1.807, 2.05) is 11.6 Å². The van der Waals surface area contributed by atoms with Crippen molar-refractivity contribution in [2.75, 3.05) is 12.3 Å². The quantitative estimate of drug-likeness (QED) is 0.776. The number of carbonyl (C=O) groups excluding carboxylic acids is 1. The third-order valence-electron chi connectivity index (χ3n) is 2.52. The van der Waals surface area contributed by atoms with Gasteiger partial charge in [0.15, 0.2) is 0 Å². The summed E-state index contributed by atoms with van der Waals surface area (Å²) in [7, 11) is 1.86. The summed E-state index contributed by atoms with van der Waals surface area (Å²) >= 11 is 0. The number of nitrogens with zero attached hydrogens (tertiary/aromatic N) is 4. The Labute approximate surface area is 104 Å². The van der Waals surface area contributed by atoms with E-state index in [0.717, 1.165) is 5.82 Å². The van der Waals surface area contributed by atoms with Gasteiger partial charge in [0.2, 0.25) is 0 Å². The molecule has 0 aliphatic carbocycles. The highest BCUT2D eigenvalue weighted by Gasteiger charge is 2.09. The maximum atomic E-state index is 11.8. The fourth-order valence-electron chi connectivity index (χ4n) is 1.53. The highest BCUT2D eigenvalue weighted by molar-refractivity contribution is 5.98. The van der Waals surface area contributed by atoms with Gasteiger partial charge in [-0.15, -0.1) is 10.2 Å². The first-order valence-corrected chi connectivity index (χ1v) is 5.50. The zero-order chi connectivity index (χ0) is 13.0. The second-order valence-corrected chi connectivity index (χ2v) is 3.80. The summed E-state index contributed by atoms with van der Waals surface area (Å²) in [5.74, 6) is 0.811. The van der Waals surface area contributed by atoms with Gasteiger partial charge in [-0.3, -0.25) is 4.79 Å². The molecule has 0 aliphatic rings. The molecule has 0 aliphatic heterocycles. The van der Waals surface area contributed by atoms with Gasteiger partial charge >= 0.3 is 0 Å². The van der Waals surface area contributed by atoms with Crippen molar-refractivity contribution >= 4 is 11.7 Å². The zero-order valence-corrected chi connectivity index (χ0v) is 10.00. The van der Waals surface area contributed by atoms with Crippen LogP contribution in [0.4, 0.5) is 5.82 Å². The van der Waals surface area contributed by atoms with Gasteiger partial charge in [-0.25, -0.2) is 4.98 Å². The molecule has 7 nitrogen and oxygen atoms in total. The zero-order valence-electron chi connectivity index (χ0n) is 10.00. The number of aryl methyl sites for hydroxylation is 1. The van der Waals surface area contributed by atoms with Crippen LogP contribution in [0, 0.1) is 0 Å². The summed E-state index contributed by atoms with van der Waals surface area (Å²) in [6.07, 6.45) is 3.78. The number of nitrogens with two attached hydrogens (primary N) is 1. The van der Waals surface area contributed by atoms with Crippen molar-refractivity contribution in [3.8, 4) is 0 Å². The number of pyridine rings is 1. The number of nitrogens with one attached hydrogen (secondary N) is 1. The van der Waals surface area contributed by atoms with Crippen LogP contribution >= 0.6 is 0 Å². The average Bonchev–Trinajstić information content (AvgIpc) is 2.75. The van der Waals surface area contributed by atoms with E-state index >= 15 is 0 Å². The molecule has 2 heterocycles. The molecule has 0 unspecified atom stereocenters. The molecule has 0 aromatic carbocycles. The lowest BCUT2D eigenvalue weighted by Gasteiger charge is -2.06. The molecule has 3 N–H and O–H groups in total. The van der Waals surface area contributed by atoms with Crippen molar-refractivity contribution in [2.24, 2.45) is 7.05 Å². The van der Waals surface area contributed by atoms with Gasteiger partial charge in [0.1, 0.15) is 18.0 Å². The molecule has 2 aromatic rings. The van der Waals surface area contributed by atoms with Gasteiger partial charge in [-0.1, -0.05) is 0 Å². The summed E-state index contributed by atoms with van der Waals surface area (Å²) in [5.41, 5.74) is 6.00. The lowest BCUT2D eigenvalue weighted by Crippen LogP contribution is -2.27. The number of aromatic nitrogens is 4. The third kappa shape index (κ3) is 2.62. The van der Waals surface area contributed by atoms with Crippen molar-refractivity contribution in [3.63, 3.8) is 0 Å². The van der Waals surface area contributed by atoms with Gasteiger partial charge in [-0.05, 0) is 12.1 Å². The number of anilines is 1. The third-order valence-corrected chi connectivity index (χ3v) is 2.52. The molecule has 7 heteroatoms. The lowest BCUT2D eigenvalue weighted by molar-refractivity contribution is 0.0954. The molecule has 0 bridgehead atoms. The van der Waals surface area contributed by atoms with E-state index in [-0.39, 0.29) is 11.7 Å². The molecule has 2 rings (SSSR count). The average molecular weight is 246 g/mol. The highest BCUT2D eigenvalue weighted by atomic mass is 16.1. The van der Waals surface area contributed by atoms with Crippen molar-refractivity contribution < 1.29 is 4.79 Å². The van der Waals surface area contributed by atoms with Crippen molar-refractivity contribution in [2.45, 2.75) is 6.42 Å². The van der Waals surface area contributed by atoms with Crippen LogP contribution in [0.3, 0.4) is 0 Å². The van der Waals surface area contributed by atoms with Gasteiger partial charge < -0.3 is 15.6 Å². The van der Waals surface area contributed by atoms with Crippen LogP contribution < -0.4 is 11.1 Å². The Bertz CT molecular complexity index is 550. The molecule has 0 saturated carbocycles. The molecule has 0 spiro atoms. The molecule has 0 fully saturated rings. The van der Waals surface area contributed by atoms with Crippen LogP contribution in [0.5, 0.6) is 0 Å². The minimum atomic E-state index is -0.234. The Morgan fingerprint density at radius 3 is 3.06 bits per heavy atom. The van der Waals surface area contributed by atoms with E-state index in [1.54, 1.807) is 24.7 Å². The molecule has 0 radical (unpaired) electrons. The van der Waals surface area contributed by atoms with Crippen LogP contribution in [0.1, 0.15) is 16.2 Å². The summed E-state index contributed by atoms with van der Waals surface area (Å²) in [6.45, 7) is 0.472.